The van der Waals surface area contributed by atoms with Gasteiger partial charge in [-0.1, -0.05) is 38.2 Å². The van der Waals surface area contributed by atoms with Gasteiger partial charge >= 0.3 is 0 Å². The van der Waals surface area contributed by atoms with E-state index < -0.39 is 0 Å². The van der Waals surface area contributed by atoms with Crippen LogP contribution in [0.15, 0.2) is 24.4 Å². The fourth-order valence-corrected chi connectivity index (χ4v) is 3.77. The highest BCUT2D eigenvalue weighted by Gasteiger charge is 2.32. The van der Waals surface area contributed by atoms with E-state index in [0.29, 0.717) is 6.42 Å². The van der Waals surface area contributed by atoms with Crippen molar-refractivity contribution < 1.29 is 4.79 Å². The van der Waals surface area contributed by atoms with Crippen molar-refractivity contribution in [2.45, 2.75) is 44.9 Å². The largest absolute Gasteiger partial charge is 0.342 e. The maximum atomic E-state index is 12.3. The Morgan fingerprint density at radius 3 is 2.75 bits per heavy atom. The summed E-state index contributed by atoms with van der Waals surface area (Å²) in [5.41, 5.74) is 0.888. The average Bonchev–Trinajstić information content (AvgIpc) is 2.99. The standard InChI is InChI=1S/C17H24N2O/c20-17(12-16-8-4-5-10-18-16)19-11-9-15(13-19)14-6-2-1-3-7-14/h4-5,8,10,14-15H,1-3,6-7,9,11-13H2/t15-/m0/s1. The molecule has 0 spiro atoms. The van der Waals surface area contributed by atoms with Gasteiger partial charge in [-0.05, 0) is 30.4 Å². The van der Waals surface area contributed by atoms with Gasteiger partial charge in [-0.15, -0.1) is 0 Å². The topological polar surface area (TPSA) is 33.2 Å². The quantitative estimate of drug-likeness (QED) is 0.847. The molecule has 3 rings (SSSR count). The summed E-state index contributed by atoms with van der Waals surface area (Å²) >= 11 is 0. The first-order valence-corrected chi connectivity index (χ1v) is 8.00. The Morgan fingerprint density at radius 1 is 1.15 bits per heavy atom. The molecule has 0 aromatic carbocycles. The Bertz CT molecular complexity index is 440. The maximum absolute atomic E-state index is 12.3. The second-order valence-electron chi connectivity index (χ2n) is 6.28. The van der Waals surface area contributed by atoms with Crippen molar-refractivity contribution in [3.8, 4) is 0 Å². The summed E-state index contributed by atoms with van der Waals surface area (Å²) in [6.07, 6.45) is 10.4. The molecule has 108 valence electrons. The lowest BCUT2D eigenvalue weighted by molar-refractivity contribution is -0.129. The molecule has 3 heteroatoms. The Morgan fingerprint density at radius 2 is 2.00 bits per heavy atom. The first-order chi connectivity index (χ1) is 9.83. The normalized spacial score (nSPS) is 24.0. The Kier molecular flexibility index (Phi) is 4.34. The molecule has 20 heavy (non-hydrogen) atoms. The van der Waals surface area contributed by atoms with Crippen LogP contribution >= 0.6 is 0 Å². The zero-order valence-corrected chi connectivity index (χ0v) is 12.1. The highest BCUT2D eigenvalue weighted by Crippen LogP contribution is 2.35. The predicted octanol–water partition coefficient (Wildman–Crippen LogP) is 3.05. The van der Waals surface area contributed by atoms with Crippen LogP contribution in [-0.2, 0) is 11.2 Å². The molecule has 1 atom stereocenters. The molecule has 1 amide bonds. The van der Waals surface area contributed by atoms with Crippen molar-refractivity contribution in [1.29, 1.82) is 0 Å². The van der Waals surface area contributed by atoms with Crippen LogP contribution in [0.5, 0.6) is 0 Å². The van der Waals surface area contributed by atoms with E-state index in [-0.39, 0.29) is 5.91 Å². The molecule has 3 nitrogen and oxygen atoms in total. The first-order valence-electron chi connectivity index (χ1n) is 8.00. The summed E-state index contributed by atoms with van der Waals surface area (Å²) < 4.78 is 0. The van der Waals surface area contributed by atoms with Crippen LogP contribution < -0.4 is 0 Å². The highest BCUT2D eigenvalue weighted by atomic mass is 16.2. The smallest absolute Gasteiger partial charge is 0.228 e. The summed E-state index contributed by atoms with van der Waals surface area (Å²) in [5, 5.41) is 0. The number of amides is 1. The molecule has 2 fully saturated rings. The molecular weight excluding hydrogens is 248 g/mol. The molecule has 0 unspecified atom stereocenters. The summed E-state index contributed by atoms with van der Waals surface area (Å²) in [6.45, 7) is 1.93. The number of likely N-dealkylation sites (tertiary alicyclic amines) is 1. The first kappa shape index (κ1) is 13.6. The Hall–Kier alpha value is -1.38. The van der Waals surface area contributed by atoms with E-state index in [1.165, 1.54) is 38.5 Å². The lowest BCUT2D eigenvalue weighted by Crippen LogP contribution is -2.31. The van der Waals surface area contributed by atoms with Crippen LogP contribution in [0.25, 0.3) is 0 Å². The molecule has 1 aromatic heterocycles. The van der Waals surface area contributed by atoms with Gasteiger partial charge in [-0.3, -0.25) is 9.78 Å². The third kappa shape index (κ3) is 3.20. The van der Waals surface area contributed by atoms with Gasteiger partial charge < -0.3 is 4.90 Å². The van der Waals surface area contributed by atoms with Crippen LogP contribution in [0.4, 0.5) is 0 Å². The number of hydrogen-bond acceptors (Lipinski definition) is 2. The van der Waals surface area contributed by atoms with Crippen molar-refractivity contribution in [3.63, 3.8) is 0 Å². The van der Waals surface area contributed by atoms with Crippen molar-refractivity contribution in [2.24, 2.45) is 11.8 Å². The van der Waals surface area contributed by atoms with E-state index in [2.05, 4.69) is 9.88 Å². The second-order valence-corrected chi connectivity index (χ2v) is 6.28. The Balaban J connectivity index is 1.52. The molecule has 1 aliphatic carbocycles. The molecule has 1 aliphatic heterocycles. The van der Waals surface area contributed by atoms with E-state index >= 15 is 0 Å². The number of carbonyl (C=O) groups excluding carboxylic acids is 1. The van der Waals surface area contributed by atoms with Crippen molar-refractivity contribution in [3.05, 3.63) is 30.1 Å². The maximum Gasteiger partial charge on any atom is 0.228 e. The van der Waals surface area contributed by atoms with Crippen molar-refractivity contribution in [1.82, 2.24) is 9.88 Å². The zero-order chi connectivity index (χ0) is 13.8. The van der Waals surface area contributed by atoms with E-state index in [9.17, 15) is 4.79 Å². The van der Waals surface area contributed by atoms with E-state index in [4.69, 9.17) is 0 Å². The average molecular weight is 272 g/mol. The summed E-state index contributed by atoms with van der Waals surface area (Å²) in [4.78, 5) is 18.6. The zero-order valence-electron chi connectivity index (χ0n) is 12.1. The lowest BCUT2D eigenvalue weighted by Gasteiger charge is -2.27. The summed E-state index contributed by atoms with van der Waals surface area (Å²) in [6, 6.07) is 5.78. The molecule has 0 bridgehead atoms. The summed E-state index contributed by atoms with van der Waals surface area (Å²) in [7, 11) is 0. The third-order valence-corrected chi connectivity index (χ3v) is 4.95. The van der Waals surface area contributed by atoms with Crippen LogP contribution in [0.3, 0.4) is 0 Å². The van der Waals surface area contributed by atoms with Gasteiger partial charge in [0.1, 0.15) is 0 Å². The third-order valence-electron chi connectivity index (χ3n) is 4.95. The fourth-order valence-electron chi connectivity index (χ4n) is 3.77. The summed E-state index contributed by atoms with van der Waals surface area (Å²) in [5.74, 6) is 1.88. The van der Waals surface area contributed by atoms with E-state index in [1.54, 1.807) is 6.20 Å². The molecule has 2 aliphatic rings. The molecule has 1 saturated carbocycles. The number of hydrogen-bond donors (Lipinski definition) is 0. The number of nitrogens with zero attached hydrogens (tertiary/aromatic N) is 2. The number of pyridine rings is 1. The van der Waals surface area contributed by atoms with Gasteiger partial charge in [-0.25, -0.2) is 0 Å². The fraction of sp³-hybridized carbons (Fsp3) is 0.647. The van der Waals surface area contributed by atoms with Crippen molar-refractivity contribution in [2.75, 3.05) is 13.1 Å². The second kappa shape index (κ2) is 6.38. The minimum Gasteiger partial charge on any atom is -0.342 e. The van der Waals surface area contributed by atoms with Gasteiger partial charge in [0.05, 0.1) is 6.42 Å². The van der Waals surface area contributed by atoms with Crippen molar-refractivity contribution >= 4 is 5.91 Å². The van der Waals surface area contributed by atoms with Gasteiger partial charge in [0.2, 0.25) is 5.91 Å². The predicted molar refractivity (Wildman–Crippen MR) is 79.2 cm³/mol. The number of rotatable bonds is 3. The van der Waals surface area contributed by atoms with Gasteiger partial charge in [0, 0.05) is 25.0 Å². The highest BCUT2D eigenvalue weighted by molar-refractivity contribution is 5.78. The van der Waals surface area contributed by atoms with E-state index in [0.717, 1.165) is 30.6 Å². The molecule has 0 radical (unpaired) electrons. The lowest BCUT2D eigenvalue weighted by atomic mass is 9.80. The number of aromatic nitrogens is 1. The molecule has 1 aromatic rings. The molecular formula is C17H24N2O. The van der Waals surface area contributed by atoms with Crippen LogP contribution in [0.2, 0.25) is 0 Å². The molecule has 2 heterocycles. The van der Waals surface area contributed by atoms with E-state index in [1.807, 2.05) is 18.2 Å². The van der Waals surface area contributed by atoms with Gasteiger partial charge in [0.25, 0.3) is 0 Å². The van der Waals surface area contributed by atoms with Crippen LogP contribution in [0, 0.1) is 11.8 Å². The Labute approximate surface area is 121 Å². The van der Waals surface area contributed by atoms with Crippen LogP contribution in [-0.4, -0.2) is 28.9 Å². The SMILES string of the molecule is O=C(Cc1ccccn1)N1CC[C@H](C2CCCCC2)C1. The van der Waals surface area contributed by atoms with Crippen LogP contribution in [0.1, 0.15) is 44.2 Å². The monoisotopic (exact) mass is 272 g/mol. The minimum atomic E-state index is 0.252. The molecule has 0 N–H and O–H groups in total. The van der Waals surface area contributed by atoms with Gasteiger partial charge in [-0.2, -0.15) is 0 Å². The van der Waals surface area contributed by atoms with Gasteiger partial charge in [0.15, 0.2) is 0 Å². The molecule has 1 saturated heterocycles. The number of carbonyl (C=O) groups is 1. The minimum absolute atomic E-state index is 0.252.